The number of hydrogen-bond acceptors (Lipinski definition) is 3. The zero-order valence-corrected chi connectivity index (χ0v) is 17.1. The van der Waals surface area contributed by atoms with E-state index in [1.807, 2.05) is 6.07 Å². The summed E-state index contributed by atoms with van der Waals surface area (Å²) in [6, 6.07) is 10.8. The Morgan fingerprint density at radius 1 is 1.25 bits per heavy atom. The molecule has 136 valence electrons. The second-order valence-electron chi connectivity index (χ2n) is 6.41. The van der Waals surface area contributed by atoms with Crippen LogP contribution in [0.1, 0.15) is 31.9 Å². The molecule has 0 aliphatic carbocycles. The maximum Gasteiger partial charge on any atom is 0.188 e. The molecule has 24 heavy (non-hydrogen) atoms. The highest BCUT2D eigenvalue weighted by Crippen LogP contribution is 2.22. The van der Waals surface area contributed by atoms with Crippen molar-refractivity contribution >= 4 is 29.9 Å². The molecule has 0 aromatic heterocycles. The molecule has 2 rings (SSSR count). The molecule has 5 nitrogen and oxygen atoms in total. The maximum absolute atomic E-state index is 6.01. The predicted molar refractivity (Wildman–Crippen MR) is 111 cm³/mol. The van der Waals surface area contributed by atoms with E-state index in [0.29, 0.717) is 18.4 Å². The van der Waals surface area contributed by atoms with E-state index in [4.69, 9.17) is 10.5 Å². The number of halogens is 1. The van der Waals surface area contributed by atoms with Gasteiger partial charge in [-0.2, -0.15) is 0 Å². The lowest BCUT2D eigenvalue weighted by Crippen LogP contribution is -2.41. The summed E-state index contributed by atoms with van der Waals surface area (Å²) in [7, 11) is 0. The van der Waals surface area contributed by atoms with Gasteiger partial charge in [-0.1, -0.05) is 44.2 Å². The van der Waals surface area contributed by atoms with E-state index in [9.17, 15) is 0 Å². The minimum absolute atomic E-state index is 0. The fourth-order valence-corrected chi connectivity index (χ4v) is 2.73. The van der Waals surface area contributed by atoms with Crippen LogP contribution in [0.5, 0.6) is 0 Å². The Bertz CT molecular complexity index is 475. The summed E-state index contributed by atoms with van der Waals surface area (Å²) in [5.74, 6) is 1.21. The molecule has 0 radical (unpaired) electrons. The van der Waals surface area contributed by atoms with E-state index < -0.39 is 0 Å². The van der Waals surface area contributed by atoms with E-state index in [-0.39, 0.29) is 30.0 Å². The molecule has 0 saturated carbocycles. The normalized spacial score (nSPS) is 17.4. The van der Waals surface area contributed by atoms with E-state index >= 15 is 0 Å². The smallest absolute Gasteiger partial charge is 0.188 e. The molecular formula is C18H31IN4O. The summed E-state index contributed by atoms with van der Waals surface area (Å²) in [6.45, 7) is 9.42. The maximum atomic E-state index is 6.01. The highest BCUT2D eigenvalue weighted by Gasteiger charge is 2.22. The highest BCUT2D eigenvalue weighted by atomic mass is 127. The van der Waals surface area contributed by atoms with Crippen LogP contribution in [-0.4, -0.2) is 50.3 Å². The first kappa shape index (κ1) is 21.2. The number of aliphatic imine (C=N–C) groups is 1. The Hall–Kier alpha value is -0.860. The molecule has 1 unspecified atom stereocenters. The van der Waals surface area contributed by atoms with Crippen molar-refractivity contribution in [2.45, 2.75) is 26.3 Å². The van der Waals surface area contributed by atoms with Gasteiger partial charge in [0.1, 0.15) is 0 Å². The van der Waals surface area contributed by atoms with Gasteiger partial charge >= 0.3 is 0 Å². The number of rotatable bonds is 7. The lowest BCUT2D eigenvalue weighted by Gasteiger charge is -2.34. The van der Waals surface area contributed by atoms with E-state index in [2.05, 4.69) is 53.3 Å². The lowest BCUT2D eigenvalue weighted by molar-refractivity contribution is 0.0180. The highest BCUT2D eigenvalue weighted by molar-refractivity contribution is 14.0. The Kier molecular flexibility index (Phi) is 10.3. The van der Waals surface area contributed by atoms with Crippen LogP contribution < -0.4 is 11.1 Å². The monoisotopic (exact) mass is 446 g/mol. The van der Waals surface area contributed by atoms with E-state index in [1.54, 1.807) is 0 Å². The zero-order chi connectivity index (χ0) is 16.5. The standard InChI is InChI=1S/C18H30N4O.HI/c1-15(2)8-9-20-18(19)21-14-17(16-6-4-3-5-7-16)22-10-12-23-13-11-22;/h3-7,15,17H,8-14H2,1-2H3,(H3,19,20,21);1H. The summed E-state index contributed by atoms with van der Waals surface area (Å²) >= 11 is 0. The molecule has 1 heterocycles. The number of benzene rings is 1. The first-order valence-electron chi connectivity index (χ1n) is 8.57. The Labute approximate surface area is 163 Å². The van der Waals surface area contributed by atoms with Crippen LogP contribution in [0.4, 0.5) is 0 Å². The molecule has 0 amide bonds. The first-order chi connectivity index (χ1) is 11.2. The summed E-state index contributed by atoms with van der Waals surface area (Å²) in [5, 5.41) is 3.21. The van der Waals surface area contributed by atoms with Gasteiger partial charge in [-0.25, -0.2) is 0 Å². The Morgan fingerprint density at radius 2 is 1.92 bits per heavy atom. The van der Waals surface area contributed by atoms with Crippen molar-refractivity contribution in [2.24, 2.45) is 16.6 Å². The summed E-state index contributed by atoms with van der Waals surface area (Å²) in [4.78, 5) is 7.01. The minimum Gasteiger partial charge on any atom is -0.379 e. The molecule has 1 aliphatic heterocycles. The van der Waals surface area contributed by atoms with Crippen LogP contribution in [-0.2, 0) is 4.74 Å². The zero-order valence-electron chi connectivity index (χ0n) is 14.8. The molecule has 1 fully saturated rings. The molecule has 6 heteroatoms. The number of nitrogens with two attached hydrogens (primary N) is 1. The molecule has 3 N–H and O–H groups in total. The van der Waals surface area contributed by atoms with Gasteiger partial charge in [0.15, 0.2) is 5.96 Å². The van der Waals surface area contributed by atoms with E-state index in [0.717, 1.165) is 39.3 Å². The second-order valence-corrected chi connectivity index (χ2v) is 6.41. The molecule has 0 spiro atoms. The number of nitrogens with zero attached hydrogens (tertiary/aromatic N) is 2. The van der Waals surface area contributed by atoms with Crippen molar-refractivity contribution in [2.75, 3.05) is 39.4 Å². The van der Waals surface area contributed by atoms with Crippen LogP contribution in [0.15, 0.2) is 35.3 Å². The number of morpholine rings is 1. The molecule has 1 aliphatic rings. The van der Waals surface area contributed by atoms with Crippen LogP contribution in [0.3, 0.4) is 0 Å². The number of ether oxygens (including phenoxy) is 1. The van der Waals surface area contributed by atoms with Gasteiger partial charge in [0.25, 0.3) is 0 Å². The predicted octanol–water partition coefficient (Wildman–Crippen LogP) is 2.63. The topological polar surface area (TPSA) is 62.9 Å². The summed E-state index contributed by atoms with van der Waals surface area (Å²) in [6.07, 6.45) is 1.10. The van der Waals surface area contributed by atoms with Crippen molar-refractivity contribution in [3.05, 3.63) is 35.9 Å². The van der Waals surface area contributed by atoms with Crippen LogP contribution in [0, 0.1) is 5.92 Å². The van der Waals surface area contributed by atoms with Crippen molar-refractivity contribution in [1.29, 1.82) is 0 Å². The van der Waals surface area contributed by atoms with Crippen molar-refractivity contribution in [3.8, 4) is 0 Å². The van der Waals surface area contributed by atoms with Gasteiger partial charge in [0, 0.05) is 19.6 Å². The largest absolute Gasteiger partial charge is 0.379 e. The van der Waals surface area contributed by atoms with Gasteiger partial charge in [-0.15, -0.1) is 24.0 Å². The molecule has 0 bridgehead atoms. The third kappa shape index (κ3) is 7.36. The summed E-state index contributed by atoms with van der Waals surface area (Å²) < 4.78 is 5.47. The van der Waals surface area contributed by atoms with Crippen molar-refractivity contribution in [3.63, 3.8) is 0 Å². The van der Waals surface area contributed by atoms with Crippen LogP contribution in [0.25, 0.3) is 0 Å². The van der Waals surface area contributed by atoms with Crippen molar-refractivity contribution < 1.29 is 4.74 Å². The van der Waals surface area contributed by atoms with Gasteiger partial charge < -0.3 is 15.8 Å². The SMILES string of the molecule is CC(C)CCNC(N)=NCC(c1ccccc1)N1CCOCC1.I. The lowest BCUT2D eigenvalue weighted by atomic mass is 10.1. The molecule has 1 aromatic rings. The van der Waals surface area contributed by atoms with Crippen LogP contribution in [0.2, 0.25) is 0 Å². The first-order valence-corrected chi connectivity index (χ1v) is 8.57. The Balaban J connectivity index is 0.00000288. The van der Waals surface area contributed by atoms with Gasteiger partial charge in [-0.05, 0) is 17.9 Å². The van der Waals surface area contributed by atoms with E-state index in [1.165, 1.54) is 5.56 Å². The molecule has 1 saturated heterocycles. The average Bonchev–Trinajstić information content (AvgIpc) is 2.57. The Morgan fingerprint density at radius 3 is 2.54 bits per heavy atom. The quantitative estimate of drug-likeness (QED) is 0.384. The second kappa shape index (κ2) is 11.7. The fraction of sp³-hybridized carbons (Fsp3) is 0.611. The van der Waals surface area contributed by atoms with Crippen LogP contribution >= 0.6 is 24.0 Å². The van der Waals surface area contributed by atoms with Gasteiger partial charge in [0.2, 0.25) is 0 Å². The summed E-state index contributed by atoms with van der Waals surface area (Å²) in [5.41, 5.74) is 7.30. The average molecular weight is 446 g/mol. The third-order valence-corrected chi connectivity index (χ3v) is 4.13. The molecular weight excluding hydrogens is 415 g/mol. The molecule has 1 atom stereocenters. The van der Waals surface area contributed by atoms with Gasteiger partial charge in [0.05, 0.1) is 25.8 Å². The van der Waals surface area contributed by atoms with Gasteiger partial charge in [-0.3, -0.25) is 9.89 Å². The number of nitrogens with one attached hydrogen (secondary N) is 1. The number of guanidine groups is 1. The number of hydrogen-bond donors (Lipinski definition) is 2. The van der Waals surface area contributed by atoms with Crippen molar-refractivity contribution in [1.82, 2.24) is 10.2 Å². The minimum atomic E-state index is 0. The fourth-order valence-electron chi connectivity index (χ4n) is 2.73. The molecule has 1 aromatic carbocycles. The third-order valence-electron chi connectivity index (χ3n) is 4.13.